The maximum Gasteiger partial charge on any atom is 0.318 e. The molecule has 1 fully saturated rings. The Bertz CT molecular complexity index is 1330. The van der Waals surface area contributed by atoms with Gasteiger partial charge in [0.25, 0.3) is 5.91 Å². The first-order chi connectivity index (χ1) is 18.5. The second-order valence-electron chi connectivity index (χ2n) is 10.0. The molecule has 3 aromatic rings. The van der Waals surface area contributed by atoms with Gasteiger partial charge in [0.15, 0.2) is 0 Å². The van der Waals surface area contributed by atoms with E-state index in [0.29, 0.717) is 55.6 Å². The summed E-state index contributed by atoms with van der Waals surface area (Å²) in [5.74, 6) is -0.907. The van der Waals surface area contributed by atoms with Crippen molar-refractivity contribution in [3.8, 4) is 5.75 Å². The number of methoxy groups -OCH3 is 1. The van der Waals surface area contributed by atoms with Crippen molar-refractivity contribution in [1.29, 1.82) is 0 Å². The topological polar surface area (TPSA) is 95.9 Å². The molecule has 2 N–H and O–H groups in total. The van der Waals surface area contributed by atoms with Crippen molar-refractivity contribution < 1.29 is 24.2 Å². The van der Waals surface area contributed by atoms with Crippen LogP contribution in [0, 0.1) is 0 Å². The number of amides is 2. The van der Waals surface area contributed by atoms with Gasteiger partial charge in [-0.2, -0.15) is 0 Å². The van der Waals surface area contributed by atoms with Crippen LogP contribution in [0.25, 0.3) is 0 Å². The first-order valence-corrected chi connectivity index (χ1v) is 13.1. The zero-order valence-corrected chi connectivity index (χ0v) is 21.4. The van der Waals surface area contributed by atoms with Gasteiger partial charge < -0.3 is 20.1 Å². The Kier molecular flexibility index (Phi) is 7.18. The molecule has 0 radical (unpaired) electrons. The van der Waals surface area contributed by atoms with E-state index in [9.17, 15) is 19.5 Å². The molecule has 0 aromatic heterocycles. The molecular weight excluding hydrogens is 480 g/mol. The van der Waals surface area contributed by atoms with Crippen molar-refractivity contribution in [3.05, 3.63) is 101 Å². The summed E-state index contributed by atoms with van der Waals surface area (Å²) in [6, 6.07) is 23.9. The highest BCUT2D eigenvalue weighted by molar-refractivity contribution is 5.97. The van der Waals surface area contributed by atoms with Gasteiger partial charge in [0, 0.05) is 19.1 Å². The summed E-state index contributed by atoms with van der Waals surface area (Å²) in [4.78, 5) is 41.2. The van der Waals surface area contributed by atoms with E-state index < -0.39 is 11.4 Å². The third-order valence-corrected chi connectivity index (χ3v) is 8.03. The molecule has 2 unspecified atom stereocenters. The molecule has 5 rings (SSSR count). The number of ether oxygens (including phenoxy) is 1. The van der Waals surface area contributed by atoms with Gasteiger partial charge in [-0.25, -0.2) is 0 Å². The van der Waals surface area contributed by atoms with Crippen LogP contribution in [-0.2, 0) is 15.0 Å². The molecule has 38 heavy (non-hydrogen) atoms. The Hall–Kier alpha value is -4.13. The third kappa shape index (κ3) is 4.53. The van der Waals surface area contributed by atoms with E-state index in [0.717, 1.165) is 11.1 Å². The molecule has 7 nitrogen and oxygen atoms in total. The van der Waals surface area contributed by atoms with Crippen molar-refractivity contribution in [1.82, 2.24) is 10.2 Å². The largest absolute Gasteiger partial charge is 0.496 e. The SMILES string of the molecule is COc1ccccc1C(=O)NC1CCN(C(=O)C2CCC(C(=O)O)(c3ccccc3)c3ccccc32)CC1. The maximum atomic E-state index is 13.7. The fourth-order valence-corrected chi connectivity index (χ4v) is 6.03. The highest BCUT2D eigenvalue weighted by Crippen LogP contribution is 2.47. The van der Waals surface area contributed by atoms with E-state index in [1.165, 1.54) is 0 Å². The van der Waals surface area contributed by atoms with Crippen molar-refractivity contribution >= 4 is 17.8 Å². The van der Waals surface area contributed by atoms with Crippen LogP contribution >= 0.6 is 0 Å². The predicted octanol–water partition coefficient (Wildman–Crippen LogP) is 4.36. The van der Waals surface area contributed by atoms with Crippen LogP contribution < -0.4 is 10.1 Å². The van der Waals surface area contributed by atoms with Crippen molar-refractivity contribution in [2.75, 3.05) is 20.2 Å². The van der Waals surface area contributed by atoms with E-state index in [2.05, 4.69) is 5.32 Å². The van der Waals surface area contributed by atoms with Crippen LogP contribution in [-0.4, -0.2) is 54.0 Å². The zero-order chi connectivity index (χ0) is 26.7. The minimum absolute atomic E-state index is 0.0269. The van der Waals surface area contributed by atoms with Gasteiger partial charge in [-0.05, 0) is 54.5 Å². The number of carboxylic acid groups (broad SMARTS) is 1. The normalized spacial score (nSPS) is 21.3. The number of para-hydroxylation sites is 1. The summed E-state index contributed by atoms with van der Waals surface area (Å²) >= 11 is 0. The molecular formula is C31H32N2O5. The molecule has 1 heterocycles. The summed E-state index contributed by atoms with van der Waals surface area (Å²) in [6.07, 6.45) is 2.13. The average Bonchev–Trinajstić information content (AvgIpc) is 2.97. The summed E-state index contributed by atoms with van der Waals surface area (Å²) in [6.45, 7) is 1.08. The van der Waals surface area contributed by atoms with E-state index >= 15 is 0 Å². The number of hydrogen-bond acceptors (Lipinski definition) is 4. The Morgan fingerprint density at radius 1 is 0.895 bits per heavy atom. The van der Waals surface area contributed by atoms with E-state index in [-0.39, 0.29) is 23.8 Å². The first-order valence-electron chi connectivity index (χ1n) is 13.1. The van der Waals surface area contributed by atoms with Crippen molar-refractivity contribution in [3.63, 3.8) is 0 Å². The van der Waals surface area contributed by atoms with Crippen molar-refractivity contribution in [2.24, 2.45) is 0 Å². The molecule has 3 aromatic carbocycles. The van der Waals surface area contributed by atoms with E-state index in [1.807, 2.05) is 65.6 Å². The predicted molar refractivity (Wildman–Crippen MR) is 143 cm³/mol. The molecule has 1 aliphatic heterocycles. The first kappa shape index (κ1) is 25.5. The number of carbonyl (C=O) groups is 3. The van der Waals surface area contributed by atoms with Gasteiger partial charge in [-0.15, -0.1) is 0 Å². The molecule has 2 aliphatic rings. The highest BCUT2D eigenvalue weighted by Gasteiger charge is 2.49. The Morgan fingerprint density at radius 3 is 2.26 bits per heavy atom. The Labute approximate surface area is 222 Å². The standard InChI is InChI=1S/C31H32N2O5/c1-38-27-14-8-6-12-25(27)28(34)32-22-16-19-33(20-17-22)29(35)24-15-18-31(30(36)37,21-9-3-2-4-10-21)26-13-7-5-11-23(24)26/h2-14,22,24H,15-20H2,1H3,(H,32,34)(H,36,37). The number of carbonyl (C=O) groups excluding carboxylic acids is 2. The van der Waals surface area contributed by atoms with Gasteiger partial charge in [0.05, 0.1) is 18.6 Å². The number of carboxylic acids is 1. The number of fused-ring (bicyclic) bond motifs is 1. The lowest BCUT2D eigenvalue weighted by molar-refractivity contribution is -0.144. The molecule has 2 amide bonds. The zero-order valence-electron chi connectivity index (χ0n) is 21.4. The molecule has 0 bridgehead atoms. The summed E-state index contributed by atoms with van der Waals surface area (Å²) in [7, 11) is 1.54. The van der Waals surface area contributed by atoms with Gasteiger partial charge in [0.1, 0.15) is 11.2 Å². The summed E-state index contributed by atoms with van der Waals surface area (Å²) < 4.78 is 5.31. The summed E-state index contributed by atoms with van der Waals surface area (Å²) in [5.41, 5.74) is 1.54. The van der Waals surface area contributed by atoms with Crippen molar-refractivity contribution in [2.45, 2.75) is 43.1 Å². The number of rotatable bonds is 6. The average molecular weight is 513 g/mol. The van der Waals surface area contributed by atoms with Crippen LogP contribution in [0.15, 0.2) is 78.9 Å². The van der Waals surface area contributed by atoms with E-state index in [1.54, 1.807) is 25.3 Å². The van der Waals surface area contributed by atoms with Crippen LogP contribution in [0.5, 0.6) is 5.75 Å². The Morgan fingerprint density at radius 2 is 1.55 bits per heavy atom. The quantitative estimate of drug-likeness (QED) is 0.512. The molecule has 196 valence electrons. The smallest absolute Gasteiger partial charge is 0.318 e. The Balaban J connectivity index is 1.30. The van der Waals surface area contributed by atoms with Crippen LogP contribution in [0.2, 0.25) is 0 Å². The number of aliphatic carboxylic acids is 1. The van der Waals surface area contributed by atoms with Gasteiger partial charge in [-0.1, -0.05) is 66.7 Å². The summed E-state index contributed by atoms with van der Waals surface area (Å²) in [5, 5.41) is 13.5. The highest BCUT2D eigenvalue weighted by atomic mass is 16.5. The number of hydrogen-bond donors (Lipinski definition) is 2. The van der Waals surface area contributed by atoms with E-state index in [4.69, 9.17) is 4.74 Å². The molecule has 2 atom stereocenters. The lowest BCUT2D eigenvalue weighted by atomic mass is 9.63. The number of likely N-dealkylation sites (tertiary alicyclic amines) is 1. The maximum absolute atomic E-state index is 13.7. The van der Waals surface area contributed by atoms with Gasteiger partial charge >= 0.3 is 5.97 Å². The molecule has 0 saturated carbocycles. The van der Waals surface area contributed by atoms with Gasteiger partial charge in [0.2, 0.25) is 5.91 Å². The second kappa shape index (κ2) is 10.7. The minimum Gasteiger partial charge on any atom is -0.496 e. The number of benzene rings is 3. The number of nitrogens with one attached hydrogen (secondary N) is 1. The lowest BCUT2D eigenvalue weighted by Gasteiger charge is -2.41. The fourth-order valence-electron chi connectivity index (χ4n) is 6.03. The van der Waals surface area contributed by atoms with Crippen LogP contribution in [0.1, 0.15) is 58.6 Å². The van der Waals surface area contributed by atoms with Crippen LogP contribution in [0.3, 0.4) is 0 Å². The second-order valence-corrected chi connectivity index (χ2v) is 10.0. The number of piperidine rings is 1. The fraction of sp³-hybridized carbons (Fsp3) is 0.323. The minimum atomic E-state index is -1.18. The monoisotopic (exact) mass is 512 g/mol. The molecule has 1 saturated heterocycles. The molecule has 0 spiro atoms. The third-order valence-electron chi connectivity index (χ3n) is 8.03. The number of nitrogens with zero attached hydrogens (tertiary/aromatic N) is 1. The molecule has 7 heteroatoms. The van der Waals surface area contributed by atoms with Gasteiger partial charge in [-0.3, -0.25) is 14.4 Å². The lowest BCUT2D eigenvalue weighted by Crippen LogP contribution is -2.49. The van der Waals surface area contributed by atoms with Crippen LogP contribution in [0.4, 0.5) is 0 Å². The molecule has 1 aliphatic carbocycles.